The Hall–Kier alpha value is -6.53. The van der Waals surface area contributed by atoms with Gasteiger partial charge in [-0.25, -0.2) is 14.4 Å². The van der Waals surface area contributed by atoms with E-state index < -0.39 is 54.5 Å². The van der Waals surface area contributed by atoms with Crippen molar-refractivity contribution in [2.45, 2.75) is 56.3 Å². The molecule has 4 fully saturated rings. The zero-order valence-electron chi connectivity index (χ0n) is 36.7. The molecule has 368 valence electrons. The summed E-state index contributed by atoms with van der Waals surface area (Å²) in [5.41, 5.74) is 1.01. The number of aliphatic hydroxyl groups is 2. The molecule has 0 radical (unpaired) electrons. The highest BCUT2D eigenvalue weighted by Crippen LogP contribution is 2.33. The summed E-state index contributed by atoms with van der Waals surface area (Å²) in [6.45, 7) is 0.866. The summed E-state index contributed by atoms with van der Waals surface area (Å²) in [5, 5.41) is 27.2. The summed E-state index contributed by atoms with van der Waals surface area (Å²) in [6, 6.07) is 47.8. The van der Waals surface area contributed by atoms with Crippen LogP contribution < -0.4 is 14.2 Å². The standard InChI is InChI=1S/C32H26O8.C13H10O3.C6H10O4.CH2Cl2.CH4/c33-31(21-11-15-25(16-12-21)37-23-7-3-1-4-8-23)39-27-19-35-30-28(20-36-29(27)30)40-32(34)22-13-17-26(18-14-22)38-24-9-5-2-6-10-24;14-13(15)10-6-8-12(9-7-10)16-11-4-2-1-3-5-11;7-3-1-9-6-4(8)2-10-5(3)6;2-1-3;/h1-18,27-30H,19-20H2;1-9H,(H,14,15);3-8H,1-2H2;1H2;1H4/t27-,28+,29-,30-;;3-,4+,5-,6-;;/m0.0../s1. The van der Waals surface area contributed by atoms with Crippen LogP contribution in [0.15, 0.2) is 164 Å². The lowest BCUT2D eigenvalue weighted by Gasteiger charge is -2.17. The quantitative estimate of drug-likeness (QED) is 0.0820. The number of carbonyl (C=O) groups excluding carboxylic acids is 2. The minimum absolute atomic E-state index is 0. The van der Waals surface area contributed by atoms with Crippen molar-refractivity contribution in [1.82, 2.24) is 0 Å². The molecule has 70 heavy (non-hydrogen) atoms. The molecule has 0 aromatic heterocycles. The summed E-state index contributed by atoms with van der Waals surface area (Å²) < 4.78 is 50.2. The van der Waals surface area contributed by atoms with Crippen LogP contribution >= 0.6 is 23.2 Å². The summed E-state index contributed by atoms with van der Waals surface area (Å²) in [7, 11) is 0. The Morgan fingerprint density at radius 1 is 0.429 bits per heavy atom. The molecule has 17 heteroatoms. The fraction of sp³-hybridized carbons (Fsp3) is 0.264. The molecular weight excluding hydrogens is 947 g/mol. The van der Waals surface area contributed by atoms with Crippen LogP contribution in [0.5, 0.6) is 34.5 Å². The minimum atomic E-state index is -0.939. The number of carbonyl (C=O) groups is 3. The Kier molecular flexibility index (Phi) is 20.0. The first-order chi connectivity index (χ1) is 33.6. The first-order valence-electron chi connectivity index (χ1n) is 21.7. The van der Waals surface area contributed by atoms with Crippen LogP contribution in [0, 0.1) is 0 Å². The van der Waals surface area contributed by atoms with E-state index in [1.165, 1.54) is 12.1 Å². The zero-order valence-corrected chi connectivity index (χ0v) is 38.3. The lowest BCUT2D eigenvalue weighted by atomic mass is 10.1. The first kappa shape index (κ1) is 52.8. The van der Waals surface area contributed by atoms with Gasteiger partial charge in [0.2, 0.25) is 0 Å². The average Bonchev–Trinajstić information content (AvgIpc) is 4.16. The van der Waals surface area contributed by atoms with Crippen LogP contribution in [0.4, 0.5) is 0 Å². The van der Waals surface area contributed by atoms with E-state index in [1.54, 1.807) is 60.7 Å². The summed E-state index contributed by atoms with van der Waals surface area (Å²) in [6.07, 6.45) is -3.98. The second-order valence-electron chi connectivity index (χ2n) is 15.4. The average molecular weight is 1000 g/mol. The number of hydrogen-bond donors (Lipinski definition) is 3. The van der Waals surface area contributed by atoms with Crippen molar-refractivity contribution in [2.24, 2.45) is 0 Å². The number of ether oxygens (including phenoxy) is 9. The van der Waals surface area contributed by atoms with Crippen LogP contribution in [-0.4, -0.2) is 114 Å². The van der Waals surface area contributed by atoms with Crippen molar-refractivity contribution in [3.63, 3.8) is 0 Å². The molecule has 0 spiro atoms. The Morgan fingerprint density at radius 3 is 1.00 bits per heavy atom. The van der Waals surface area contributed by atoms with Gasteiger partial charge in [0, 0.05) is 0 Å². The third-order valence-electron chi connectivity index (χ3n) is 10.7. The third kappa shape index (κ3) is 14.7. The molecule has 3 N–H and O–H groups in total. The van der Waals surface area contributed by atoms with Gasteiger partial charge in [0.15, 0.2) is 12.2 Å². The number of esters is 2. The molecule has 4 aliphatic heterocycles. The highest BCUT2D eigenvalue weighted by molar-refractivity contribution is 6.40. The van der Waals surface area contributed by atoms with E-state index in [-0.39, 0.29) is 57.0 Å². The van der Waals surface area contributed by atoms with Gasteiger partial charge in [-0.05, 0) is 109 Å². The Labute approximate surface area is 414 Å². The van der Waals surface area contributed by atoms with Crippen LogP contribution in [0.3, 0.4) is 0 Å². The van der Waals surface area contributed by atoms with E-state index in [1.807, 2.05) is 91.0 Å². The van der Waals surface area contributed by atoms with E-state index in [4.69, 9.17) is 81.2 Å². The molecule has 0 bridgehead atoms. The normalized spacial score (nSPS) is 22.3. The number of rotatable bonds is 11. The maximum absolute atomic E-state index is 12.8. The van der Waals surface area contributed by atoms with Gasteiger partial charge in [-0.2, -0.15) is 0 Å². The first-order valence-corrected chi connectivity index (χ1v) is 22.7. The zero-order chi connectivity index (χ0) is 48.5. The molecule has 10 rings (SSSR count). The molecule has 6 aromatic carbocycles. The molecule has 15 nitrogen and oxygen atoms in total. The second-order valence-corrected chi connectivity index (χ2v) is 16.2. The lowest BCUT2D eigenvalue weighted by molar-refractivity contribution is -0.0287. The van der Waals surface area contributed by atoms with Gasteiger partial charge in [0.25, 0.3) is 0 Å². The van der Waals surface area contributed by atoms with Crippen molar-refractivity contribution >= 4 is 41.1 Å². The van der Waals surface area contributed by atoms with Gasteiger partial charge in [-0.1, -0.05) is 62.0 Å². The van der Waals surface area contributed by atoms with Gasteiger partial charge in [0.05, 0.1) is 48.5 Å². The van der Waals surface area contributed by atoms with E-state index in [2.05, 4.69) is 0 Å². The molecule has 6 aromatic rings. The van der Waals surface area contributed by atoms with E-state index in [0.717, 1.165) is 5.75 Å². The predicted molar refractivity (Wildman–Crippen MR) is 259 cm³/mol. The number of fused-ring (bicyclic) bond motifs is 2. The topological polar surface area (TPSA) is 195 Å². The van der Waals surface area contributed by atoms with Crippen molar-refractivity contribution < 1.29 is 72.3 Å². The number of hydrogen-bond acceptors (Lipinski definition) is 14. The van der Waals surface area contributed by atoms with Gasteiger partial charge >= 0.3 is 17.9 Å². The van der Waals surface area contributed by atoms with Crippen molar-refractivity contribution in [3.05, 3.63) is 180 Å². The smallest absolute Gasteiger partial charge is 0.338 e. The Balaban J connectivity index is 0.000000217. The number of para-hydroxylation sites is 3. The molecule has 4 saturated heterocycles. The number of halogens is 2. The number of aliphatic hydroxyl groups excluding tert-OH is 2. The number of aromatic carboxylic acids is 1. The van der Waals surface area contributed by atoms with Crippen LogP contribution in [0.1, 0.15) is 38.5 Å². The van der Waals surface area contributed by atoms with Gasteiger partial charge < -0.3 is 58.0 Å². The molecule has 4 heterocycles. The molecular formula is C53H52Cl2O15. The molecule has 0 aliphatic carbocycles. The fourth-order valence-corrected chi connectivity index (χ4v) is 7.36. The predicted octanol–water partition coefficient (Wildman–Crippen LogP) is 9.56. The van der Waals surface area contributed by atoms with E-state index in [9.17, 15) is 14.4 Å². The van der Waals surface area contributed by atoms with Crippen molar-refractivity contribution in [3.8, 4) is 34.5 Å². The van der Waals surface area contributed by atoms with Gasteiger partial charge in [0.1, 0.15) is 71.1 Å². The summed E-state index contributed by atoms with van der Waals surface area (Å²) >= 11 is 9.53. The third-order valence-corrected chi connectivity index (χ3v) is 10.7. The minimum Gasteiger partial charge on any atom is -0.478 e. The van der Waals surface area contributed by atoms with Crippen LogP contribution in [0.25, 0.3) is 0 Å². The van der Waals surface area contributed by atoms with Gasteiger partial charge in [-0.15, -0.1) is 23.2 Å². The second kappa shape index (κ2) is 26.4. The fourth-order valence-electron chi connectivity index (χ4n) is 7.36. The number of benzene rings is 6. The molecule has 0 unspecified atom stereocenters. The maximum atomic E-state index is 12.8. The van der Waals surface area contributed by atoms with Crippen molar-refractivity contribution in [2.75, 3.05) is 31.8 Å². The molecule has 4 aliphatic rings. The summed E-state index contributed by atoms with van der Waals surface area (Å²) in [4.78, 5) is 36.2. The largest absolute Gasteiger partial charge is 0.478 e. The molecule has 0 saturated carbocycles. The Bertz CT molecular complexity index is 2390. The van der Waals surface area contributed by atoms with Crippen LogP contribution in [0.2, 0.25) is 0 Å². The van der Waals surface area contributed by atoms with E-state index >= 15 is 0 Å². The van der Waals surface area contributed by atoms with Crippen molar-refractivity contribution in [1.29, 1.82) is 0 Å². The van der Waals surface area contributed by atoms with Gasteiger partial charge in [-0.3, -0.25) is 0 Å². The number of carboxylic acid groups (broad SMARTS) is 1. The number of carboxylic acids is 1. The summed E-state index contributed by atoms with van der Waals surface area (Å²) in [5.74, 6) is 2.03. The van der Waals surface area contributed by atoms with Crippen LogP contribution in [-0.2, 0) is 28.4 Å². The lowest BCUT2D eigenvalue weighted by Crippen LogP contribution is -2.36. The number of alkyl halides is 2. The highest BCUT2D eigenvalue weighted by atomic mass is 35.5. The molecule has 0 amide bonds. The highest BCUT2D eigenvalue weighted by Gasteiger charge is 2.51. The molecule has 8 atom stereocenters. The monoisotopic (exact) mass is 998 g/mol. The Morgan fingerprint density at radius 2 is 0.700 bits per heavy atom. The van der Waals surface area contributed by atoms with E-state index in [0.29, 0.717) is 39.9 Å². The SMILES string of the molecule is C.ClCCl.O=C(O)c1ccc(Oc2ccccc2)cc1.O=C(O[C@H]1CO[C@@H]2[C@H]1OC[C@H]2OC(=O)c1ccc(Oc2ccccc2)cc1)c1ccc(Oc2ccccc2)cc1.O[C@@H]1CO[C@@H]2[C@H]1OC[C@@H]2O. The maximum Gasteiger partial charge on any atom is 0.338 e.